The van der Waals surface area contributed by atoms with E-state index >= 15 is 0 Å². The van der Waals surface area contributed by atoms with E-state index in [9.17, 15) is 9.59 Å². The number of carboxylic acids is 1. The number of nitrogens with zero attached hydrogens (tertiary/aromatic N) is 2. The lowest BCUT2D eigenvalue weighted by Crippen LogP contribution is -2.42. The van der Waals surface area contributed by atoms with E-state index in [1.165, 1.54) is 0 Å². The van der Waals surface area contributed by atoms with Crippen molar-refractivity contribution in [2.45, 2.75) is 32.2 Å². The minimum absolute atomic E-state index is 0.0287. The van der Waals surface area contributed by atoms with Crippen LogP contribution in [-0.4, -0.2) is 59.0 Å². The number of hydrogen-bond donors (Lipinski definition) is 1. The number of rotatable bonds is 3. The zero-order valence-electron chi connectivity index (χ0n) is 10.3. The molecule has 0 aromatic carbocycles. The predicted octanol–water partition coefficient (Wildman–Crippen LogP) is 0.404. The lowest BCUT2D eigenvalue weighted by molar-refractivity contribution is -0.143. The number of carbonyl (C=O) groups is 2. The molecule has 2 fully saturated rings. The molecular formula is C12H20N2O3. The van der Waals surface area contributed by atoms with Gasteiger partial charge in [0.2, 0.25) is 5.91 Å². The lowest BCUT2D eigenvalue weighted by Gasteiger charge is -2.25. The van der Waals surface area contributed by atoms with Crippen LogP contribution in [0.5, 0.6) is 0 Å². The highest BCUT2D eigenvalue weighted by Gasteiger charge is 2.36. The van der Waals surface area contributed by atoms with E-state index in [2.05, 4.69) is 0 Å². The van der Waals surface area contributed by atoms with Gasteiger partial charge in [-0.2, -0.15) is 0 Å². The summed E-state index contributed by atoms with van der Waals surface area (Å²) in [7, 11) is 0. The fourth-order valence-electron chi connectivity index (χ4n) is 2.80. The topological polar surface area (TPSA) is 60.9 Å². The van der Waals surface area contributed by atoms with E-state index in [-0.39, 0.29) is 17.9 Å². The Hall–Kier alpha value is -1.10. The minimum atomic E-state index is -0.742. The van der Waals surface area contributed by atoms with Crippen molar-refractivity contribution in [3.63, 3.8) is 0 Å². The van der Waals surface area contributed by atoms with Crippen molar-refractivity contribution in [1.82, 2.24) is 9.80 Å². The van der Waals surface area contributed by atoms with Gasteiger partial charge in [-0.05, 0) is 32.7 Å². The minimum Gasteiger partial charge on any atom is -0.481 e. The Labute approximate surface area is 101 Å². The normalized spacial score (nSPS) is 29.8. The van der Waals surface area contributed by atoms with E-state index in [1.807, 2.05) is 16.7 Å². The van der Waals surface area contributed by atoms with Gasteiger partial charge in [0.05, 0.1) is 12.5 Å². The maximum absolute atomic E-state index is 12.0. The Kier molecular flexibility index (Phi) is 3.66. The molecule has 0 spiro atoms. The van der Waals surface area contributed by atoms with Crippen LogP contribution >= 0.6 is 0 Å². The SMILES string of the molecule is CC1C(C(=O)O)CCN1CC(=O)N1CCCC1. The monoisotopic (exact) mass is 240 g/mol. The summed E-state index contributed by atoms with van der Waals surface area (Å²) in [5, 5.41) is 9.03. The van der Waals surface area contributed by atoms with Gasteiger partial charge in [-0.15, -0.1) is 0 Å². The smallest absolute Gasteiger partial charge is 0.308 e. The van der Waals surface area contributed by atoms with Crippen molar-refractivity contribution >= 4 is 11.9 Å². The maximum atomic E-state index is 12.0. The Morgan fingerprint density at radius 3 is 2.41 bits per heavy atom. The average Bonchev–Trinajstić information content (AvgIpc) is 2.89. The third-order valence-corrected chi connectivity index (χ3v) is 4.00. The molecule has 2 unspecified atom stereocenters. The van der Waals surface area contributed by atoms with Crippen molar-refractivity contribution in [3.8, 4) is 0 Å². The highest BCUT2D eigenvalue weighted by molar-refractivity contribution is 5.79. The number of aliphatic carboxylic acids is 1. The van der Waals surface area contributed by atoms with E-state index in [0.717, 1.165) is 32.5 Å². The van der Waals surface area contributed by atoms with E-state index in [0.29, 0.717) is 13.0 Å². The number of amides is 1. The molecule has 2 aliphatic rings. The molecule has 17 heavy (non-hydrogen) atoms. The first-order valence-corrected chi connectivity index (χ1v) is 6.34. The Morgan fingerprint density at radius 2 is 1.88 bits per heavy atom. The number of carboxylic acid groups (broad SMARTS) is 1. The van der Waals surface area contributed by atoms with Crippen LogP contribution in [0.1, 0.15) is 26.2 Å². The predicted molar refractivity (Wildman–Crippen MR) is 62.6 cm³/mol. The van der Waals surface area contributed by atoms with Gasteiger partial charge in [0.1, 0.15) is 0 Å². The first-order valence-electron chi connectivity index (χ1n) is 6.34. The third-order valence-electron chi connectivity index (χ3n) is 4.00. The second kappa shape index (κ2) is 5.04. The van der Waals surface area contributed by atoms with Crippen molar-refractivity contribution in [1.29, 1.82) is 0 Å². The molecule has 2 atom stereocenters. The van der Waals surface area contributed by atoms with E-state index in [1.54, 1.807) is 0 Å². The fourth-order valence-corrected chi connectivity index (χ4v) is 2.80. The molecule has 2 rings (SSSR count). The molecular weight excluding hydrogens is 220 g/mol. The molecule has 0 saturated carbocycles. The van der Waals surface area contributed by atoms with Crippen molar-refractivity contribution < 1.29 is 14.7 Å². The quantitative estimate of drug-likeness (QED) is 0.776. The summed E-state index contributed by atoms with van der Waals surface area (Å²) in [6, 6.07) is -0.0287. The summed E-state index contributed by atoms with van der Waals surface area (Å²) < 4.78 is 0. The van der Waals surface area contributed by atoms with Crippen LogP contribution in [0.15, 0.2) is 0 Å². The highest BCUT2D eigenvalue weighted by atomic mass is 16.4. The van der Waals surface area contributed by atoms with Crippen LogP contribution in [-0.2, 0) is 9.59 Å². The largest absolute Gasteiger partial charge is 0.481 e. The van der Waals surface area contributed by atoms with Crippen molar-refractivity contribution in [2.24, 2.45) is 5.92 Å². The van der Waals surface area contributed by atoms with Crippen LogP contribution in [0.3, 0.4) is 0 Å². The summed E-state index contributed by atoms with van der Waals surface area (Å²) in [6.07, 6.45) is 2.85. The lowest BCUT2D eigenvalue weighted by atomic mass is 10.0. The van der Waals surface area contributed by atoms with E-state index in [4.69, 9.17) is 5.11 Å². The Morgan fingerprint density at radius 1 is 1.24 bits per heavy atom. The average molecular weight is 240 g/mol. The molecule has 1 N–H and O–H groups in total. The van der Waals surface area contributed by atoms with Crippen LogP contribution in [0.25, 0.3) is 0 Å². The second-order valence-electron chi connectivity index (χ2n) is 5.03. The molecule has 0 bridgehead atoms. The van der Waals surface area contributed by atoms with Crippen LogP contribution in [0.2, 0.25) is 0 Å². The number of hydrogen-bond acceptors (Lipinski definition) is 3. The fraction of sp³-hybridized carbons (Fsp3) is 0.833. The molecule has 0 radical (unpaired) electrons. The Bertz CT molecular complexity index is 313. The van der Waals surface area contributed by atoms with Crippen LogP contribution in [0.4, 0.5) is 0 Å². The van der Waals surface area contributed by atoms with Gasteiger partial charge in [-0.3, -0.25) is 14.5 Å². The van der Waals surface area contributed by atoms with Crippen molar-refractivity contribution in [3.05, 3.63) is 0 Å². The number of likely N-dealkylation sites (tertiary alicyclic amines) is 2. The summed E-state index contributed by atoms with van der Waals surface area (Å²) >= 11 is 0. The molecule has 0 aliphatic carbocycles. The van der Waals surface area contributed by atoms with Gasteiger partial charge in [0.25, 0.3) is 0 Å². The molecule has 5 nitrogen and oxygen atoms in total. The molecule has 0 aromatic heterocycles. The van der Waals surface area contributed by atoms with Crippen LogP contribution in [0, 0.1) is 5.92 Å². The zero-order valence-corrected chi connectivity index (χ0v) is 10.3. The second-order valence-corrected chi connectivity index (χ2v) is 5.03. The summed E-state index contributed by atoms with van der Waals surface area (Å²) in [6.45, 7) is 4.73. The van der Waals surface area contributed by atoms with Crippen LogP contribution < -0.4 is 0 Å². The van der Waals surface area contributed by atoms with Gasteiger partial charge in [0.15, 0.2) is 0 Å². The molecule has 2 saturated heterocycles. The third kappa shape index (κ3) is 2.60. The zero-order chi connectivity index (χ0) is 12.4. The first kappa shape index (κ1) is 12.4. The van der Waals surface area contributed by atoms with Crippen molar-refractivity contribution in [2.75, 3.05) is 26.2 Å². The first-order chi connectivity index (χ1) is 8.09. The van der Waals surface area contributed by atoms with Gasteiger partial charge >= 0.3 is 5.97 Å². The van der Waals surface area contributed by atoms with Gasteiger partial charge in [0, 0.05) is 19.1 Å². The molecule has 96 valence electrons. The summed E-state index contributed by atoms with van der Waals surface area (Å²) in [5.41, 5.74) is 0. The van der Waals surface area contributed by atoms with Gasteiger partial charge in [-0.25, -0.2) is 0 Å². The molecule has 1 amide bonds. The summed E-state index contributed by atoms with van der Waals surface area (Å²) in [5.74, 6) is -0.907. The summed E-state index contributed by atoms with van der Waals surface area (Å²) in [4.78, 5) is 26.8. The molecule has 2 heterocycles. The number of carbonyl (C=O) groups excluding carboxylic acids is 1. The molecule has 2 aliphatic heterocycles. The maximum Gasteiger partial charge on any atom is 0.308 e. The van der Waals surface area contributed by atoms with E-state index < -0.39 is 5.97 Å². The standard InChI is InChI=1S/C12H20N2O3/c1-9-10(12(16)17)4-7-14(9)8-11(15)13-5-2-3-6-13/h9-10H,2-8H2,1H3,(H,16,17). The highest BCUT2D eigenvalue weighted by Crippen LogP contribution is 2.24. The molecule has 0 aromatic rings. The molecule has 5 heteroatoms. The Balaban J connectivity index is 1.87. The van der Waals surface area contributed by atoms with Gasteiger partial charge < -0.3 is 10.0 Å². The van der Waals surface area contributed by atoms with Gasteiger partial charge in [-0.1, -0.05) is 0 Å².